The Balaban J connectivity index is 2.16. The third-order valence-electron chi connectivity index (χ3n) is 3.07. The number of aromatic carboxylic acids is 1. The fraction of sp³-hybridized carbons (Fsp3) is 0.200. The molecule has 0 aliphatic carbocycles. The van der Waals surface area contributed by atoms with E-state index in [4.69, 9.17) is 21.4 Å². The van der Waals surface area contributed by atoms with Gasteiger partial charge in [-0.15, -0.1) is 0 Å². The first-order valence-electron chi connectivity index (χ1n) is 6.30. The number of hydrogen-bond donors (Lipinski definition) is 2. The lowest BCUT2D eigenvalue weighted by Gasteiger charge is -2.16. The van der Waals surface area contributed by atoms with Crippen LogP contribution in [0.2, 0.25) is 5.02 Å². The van der Waals surface area contributed by atoms with Crippen molar-refractivity contribution in [2.45, 2.75) is 13.0 Å². The van der Waals surface area contributed by atoms with Gasteiger partial charge in [-0.25, -0.2) is 9.78 Å². The zero-order valence-corrected chi connectivity index (χ0v) is 12.4. The van der Waals surface area contributed by atoms with Gasteiger partial charge in [0, 0.05) is 12.2 Å². The molecular formula is C15H15ClN2O3. The number of nitrogens with one attached hydrogen (secondary N) is 1. The molecule has 21 heavy (non-hydrogen) atoms. The van der Waals surface area contributed by atoms with Crippen molar-refractivity contribution in [3.05, 3.63) is 52.7 Å². The van der Waals surface area contributed by atoms with E-state index in [1.807, 2.05) is 31.2 Å². The predicted molar refractivity (Wildman–Crippen MR) is 81.2 cm³/mol. The largest absolute Gasteiger partial charge is 0.497 e. The van der Waals surface area contributed by atoms with Gasteiger partial charge in [-0.3, -0.25) is 0 Å². The first-order chi connectivity index (χ1) is 10.0. The number of pyridine rings is 1. The summed E-state index contributed by atoms with van der Waals surface area (Å²) in [7, 11) is 1.61. The number of carboxylic acids is 1. The van der Waals surface area contributed by atoms with Crippen molar-refractivity contribution < 1.29 is 14.6 Å². The number of rotatable bonds is 5. The summed E-state index contributed by atoms with van der Waals surface area (Å²) in [5, 5.41) is 12.3. The topological polar surface area (TPSA) is 71.5 Å². The zero-order valence-electron chi connectivity index (χ0n) is 11.6. The van der Waals surface area contributed by atoms with Crippen LogP contribution in [0.3, 0.4) is 0 Å². The highest BCUT2D eigenvalue weighted by Crippen LogP contribution is 2.23. The van der Waals surface area contributed by atoms with Crippen molar-refractivity contribution in [1.29, 1.82) is 0 Å². The summed E-state index contributed by atoms with van der Waals surface area (Å²) in [5.41, 5.74) is 1.06. The minimum Gasteiger partial charge on any atom is -0.497 e. The SMILES string of the molecule is COc1ccc(C(C)Nc2cc(C(=O)O)c(Cl)cn2)cc1. The molecule has 2 aromatic rings. The lowest BCUT2D eigenvalue weighted by atomic mass is 10.1. The zero-order chi connectivity index (χ0) is 15.4. The molecular weight excluding hydrogens is 292 g/mol. The van der Waals surface area contributed by atoms with E-state index < -0.39 is 5.97 Å². The van der Waals surface area contributed by atoms with Gasteiger partial charge in [0.2, 0.25) is 0 Å². The molecule has 2 N–H and O–H groups in total. The Bertz CT molecular complexity index is 644. The van der Waals surface area contributed by atoms with Crippen molar-refractivity contribution in [2.75, 3.05) is 12.4 Å². The highest BCUT2D eigenvalue weighted by molar-refractivity contribution is 6.33. The van der Waals surface area contributed by atoms with Gasteiger partial charge in [0.25, 0.3) is 0 Å². The van der Waals surface area contributed by atoms with E-state index >= 15 is 0 Å². The second-order valence-corrected chi connectivity index (χ2v) is 4.90. The Hall–Kier alpha value is -2.27. The predicted octanol–water partition coefficient (Wildman–Crippen LogP) is 3.61. The molecule has 110 valence electrons. The molecule has 2 rings (SSSR count). The van der Waals surface area contributed by atoms with Crippen LogP contribution in [-0.2, 0) is 0 Å². The number of methoxy groups -OCH3 is 1. The Morgan fingerprint density at radius 2 is 2.05 bits per heavy atom. The van der Waals surface area contributed by atoms with E-state index in [-0.39, 0.29) is 16.6 Å². The normalized spacial score (nSPS) is 11.8. The Morgan fingerprint density at radius 3 is 2.62 bits per heavy atom. The summed E-state index contributed by atoms with van der Waals surface area (Å²) >= 11 is 5.79. The molecule has 0 spiro atoms. The molecule has 0 radical (unpaired) electrons. The number of halogens is 1. The smallest absolute Gasteiger partial charge is 0.337 e. The Labute approximate surface area is 127 Å². The van der Waals surface area contributed by atoms with E-state index in [9.17, 15) is 4.79 Å². The molecule has 0 saturated heterocycles. The van der Waals surface area contributed by atoms with E-state index in [1.165, 1.54) is 12.3 Å². The summed E-state index contributed by atoms with van der Waals surface area (Å²) in [6.45, 7) is 1.96. The molecule has 0 saturated carbocycles. The standard InChI is InChI=1S/C15H15ClN2O3/c1-9(10-3-5-11(21-2)6-4-10)18-14-7-12(15(19)20)13(16)8-17-14/h3-9H,1-2H3,(H,17,18)(H,19,20). The molecule has 5 nitrogen and oxygen atoms in total. The minimum atomic E-state index is -1.08. The summed E-state index contributed by atoms with van der Waals surface area (Å²) in [6, 6.07) is 8.99. The van der Waals surface area contributed by atoms with E-state index in [1.54, 1.807) is 7.11 Å². The highest BCUT2D eigenvalue weighted by atomic mass is 35.5. The summed E-state index contributed by atoms with van der Waals surface area (Å²) in [5.74, 6) is 0.159. The van der Waals surface area contributed by atoms with Crippen LogP contribution in [0.1, 0.15) is 28.9 Å². The molecule has 1 heterocycles. The Kier molecular flexibility index (Phi) is 4.65. The van der Waals surface area contributed by atoms with Crippen LogP contribution in [-0.4, -0.2) is 23.2 Å². The quantitative estimate of drug-likeness (QED) is 0.883. The molecule has 0 fully saturated rings. The molecule has 1 aromatic heterocycles. The molecule has 0 bridgehead atoms. The van der Waals surface area contributed by atoms with Crippen LogP contribution >= 0.6 is 11.6 Å². The van der Waals surface area contributed by atoms with Gasteiger partial charge in [0.1, 0.15) is 11.6 Å². The van der Waals surface area contributed by atoms with Gasteiger partial charge < -0.3 is 15.2 Å². The molecule has 0 aliphatic heterocycles. The highest BCUT2D eigenvalue weighted by Gasteiger charge is 2.12. The number of anilines is 1. The Morgan fingerprint density at radius 1 is 1.38 bits per heavy atom. The third-order valence-corrected chi connectivity index (χ3v) is 3.37. The third kappa shape index (κ3) is 3.64. The van der Waals surface area contributed by atoms with Crippen LogP contribution in [0, 0.1) is 0 Å². The number of nitrogens with zero attached hydrogens (tertiary/aromatic N) is 1. The molecule has 0 aliphatic rings. The number of ether oxygens (including phenoxy) is 1. The number of aromatic nitrogens is 1. The number of carboxylic acid groups (broad SMARTS) is 1. The first kappa shape index (κ1) is 15.1. The number of benzene rings is 1. The minimum absolute atomic E-state index is 0.0242. The summed E-state index contributed by atoms with van der Waals surface area (Å²) in [4.78, 5) is 15.1. The summed E-state index contributed by atoms with van der Waals surface area (Å²) in [6.07, 6.45) is 1.33. The second-order valence-electron chi connectivity index (χ2n) is 4.49. The molecule has 1 aromatic carbocycles. The van der Waals surface area contributed by atoms with Crippen molar-refractivity contribution in [1.82, 2.24) is 4.98 Å². The van der Waals surface area contributed by atoms with E-state index in [0.717, 1.165) is 11.3 Å². The van der Waals surface area contributed by atoms with Gasteiger partial charge in [-0.05, 0) is 30.7 Å². The average molecular weight is 307 g/mol. The second kappa shape index (κ2) is 6.45. The lowest BCUT2D eigenvalue weighted by molar-refractivity contribution is 0.0697. The lowest BCUT2D eigenvalue weighted by Crippen LogP contribution is -2.09. The maximum Gasteiger partial charge on any atom is 0.337 e. The van der Waals surface area contributed by atoms with Crippen LogP contribution in [0.4, 0.5) is 5.82 Å². The fourth-order valence-corrected chi connectivity index (χ4v) is 2.06. The van der Waals surface area contributed by atoms with Gasteiger partial charge in [-0.1, -0.05) is 23.7 Å². The van der Waals surface area contributed by atoms with Gasteiger partial charge in [0.05, 0.1) is 17.7 Å². The number of hydrogen-bond acceptors (Lipinski definition) is 4. The van der Waals surface area contributed by atoms with Crippen LogP contribution in [0.25, 0.3) is 0 Å². The maximum absolute atomic E-state index is 11.0. The van der Waals surface area contributed by atoms with Gasteiger partial charge in [0.15, 0.2) is 0 Å². The maximum atomic E-state index is 11.0. The van der Waals surface area contributed by atoms with Crippen molar-refractivity contribution >= 4 is 23.4 Å². The molecule has 1 unspecified atom stereocenters. The van der Waals surface area contributed by atoms with Crippen molar-refractivity contribution in [2.24, 2.45) is 0 Å². The van der Waals surface area contributed by atoms with E-state index in [2.05, 4.69) is 10.3 Å². The first-order valence-corrected chi connectivity index (χ1v) is 6.68. The van der Waals surface area contributed by atoms with Gasteiger partial charge in [-0.2, -0.15) is 0 Å². The van der Waals surface area contributed by atoms with Crippen molar-refractivity contribution in [3.63, 3.8) is 0 Å². The average Bonchev–Trinajstić information content (AvgIpc) is 2.49. The van der Waals surface area contributed by atoms with Gasteiger partial charge >= 0.3 is 5.97 Å². The van der Waals surface area contributed by atoms with Crippen molar-refractivity contribution in [3.8, 4) is 5.75 Å². The number of carbonyl (C=O) groups is 1. The monoisotopic (exact) mass is 306 g/mol. The van der Waals surface area contributed by atoms with Crippen LogP contribution < -0.4 is 10.1 Å². The van der Waals surface area contributed by atoms with Crippen LogP contribution in [0.15, 0.2) is 36.5 Å². The fourth-order valence-electron chi connectivity index (χ4n) is 1.88. The van der Waals surface area contributed by atoms with Crippen LogP contribution in [0.5, 0.6) is 5.75 Å². The van der Waals surface area contributed by atoms with E-state index in [0.29, 0.717) is 5.82 Å². The molecule has 1 atom stereocenters. The summed E-state index contributed by atoms with van der Waals surface area (Å²) < 4.78 is 5.11. The molecule has 0 amide bonds. The molecule has 6 heteroatoms.